The van der Waals surface area contributed by atoms with Crippen LogP contribution in [0.4, 0.5) is 0 Å². The lowest BCUT2D eigenvalue weighted by molar-refractivity contribution is -0.143. The molecule has 0 spiro atoms. The Kier molecular flexibility index (Phi) is 5.86. The van der Waals surface area contributed by atoms with Crippen molar-refractivity contribution in [3.8, 4) is 11.5 Å². The van der Waals surface area contributed by atoms with Crippen molar-refractivity contribution in [1.29, 1.82) is 0 Å². The number of aliphatic carboxylic acids is 1. The standard InChI is InChI=1S/C24H26N2O4/c1-29-21-10-9-16(14-22(21)30-2)23(26-13-5-6-17(15-26)24(27)28)19-11-12-25-20-8-4-3-7-18(19)20/h3-4,7-12,14,17,23H,5-6,13,15H2,1-2H3,(H,27,28). The third-order valence-electron chi connectivity index (χ3n) is 5.87. The Bertz CT molecular complexity index is 1050. The molecular weight excluding hydrogens is 380 g/mol. The topological polar surface area (TPSA) is 71.9 Å². The summed E-state index contributed by atoms with van der Waals surface area (Å²) >= 11 is 0. The number of hydrogen-bond donors (Lipinski definition) is 1. The predicted molar refractivity (Wildman–Crippen MR) is 115 cm³/mol. The van der Waals surface area contributed by atoms with Gasteiger partial charge in [0.25, 0.3) is 0 Å². The summed E-state index contributed by atoms with van der Waals surface area (Å²) in [6.45, 7) is 1.34. The summed E-state index contributed by atoms with van der Waals surface area (Å²) in [7, 11) is 3.24. The molecule has 2 atom stereocenters. The monoisotopic (exact) mass is 406 g/mol. The molecule has 0 saturated carbocycles. The number of benzene rings is 2. The van der Waals surface area contributed by atoms with Gasteiger partial charge in [-0.3, -0.25) is 14.7 Å². The molecule has 6 nitrogen and oxygen atoms in total. The van der Waals surface area contributed by atoms with Crippen LogP contribution in [-0.4, -0.2) is 48.3 Å². The number of likely N-dealkylation sites (tertiary alicyclic amines) is 1. The number of carbonyl (C=O) groups is 1. The van der Waals surface area contributed by atoms with Gasteiger partial charge in [-0.15, -0.1) is 0 Å². The minimum Gasteiger partial charge on any atom is -0.493 e. The number of hydrogen-bond acceptors (Lipinski definition) is 5. The van der Waals surface area contributed by atoms with E-state index >= 15 is 0 Å². The van der Waals surface area contributed by atoms with Crippen LogP contribution < -0.4 is 9.47 Å². The number of pyridine rings is 1. The van der Waals surface area contributed by atoms with Gasteiger partial charge in [-0.2, -0.15) is 0 Å². The van der Waals surface area contributed by atoms with E-state index in [9.17, 15) is 9.90 Å². The fourth-order valence-corrected chi connectivity index (χ4v) is 4.41. The van der Waals surface area contributed by atoms with E-state index in [0.717, 1.165) is 35.0 Å². The Morgan fingerprint density at radius 3 is 2.70 bits per heavy atom. The number of fused-ring (bicyclic) bond motifs is 1. The zero-order valence-corrected chi connectivity index (χ0v) is 17.2. The van der Waals surface area contributed by atoms with Gasteiger partial charge < -0.3 is 14.6 Å². The molecule has 1 aromatic heterocycles. The SMILES string of the molecule is COc1ccc(C(c2ccnc3ccccc23)N2CCCC(C(=O)O)C2)cc1OC. The van der Waals surface area contributed by atoms with Crippen molar-refractivity contribution in [1.82, 2.24) is 9.88 Å². The second-order valence-corrected chi connectivity index (χ2v) is 7.61. The number of piperidine rings is 1. The summed E-state index contributed by atoms with van der Waals surface area (Å²) in [4.78, 5) is 18.5. The lowest BCUT2D eigenvalue weighted by atomic mass is 9.90. The molecule has 1 saturated heterocycles. The van der Waals surface area contributed by atoms with E-state index in [-0.39, 0.29) is 12.0 Å². The molecule has 30 heavy (non-hydrogen) atoms. The third kappa shape index (κ3) is 3.83. The lowest BCUT2D eigenvalue weighted by Crippen LogP contribution is -2.41. The number of para-hydroxylation sites is 1. The second kappa shape index (κ2) is 8.71. The van der Waals surface area contributed by atoms with Gasteiger partial charge in [0, 0.05) is 18.1 Å². The molecule has 0 bridgehead atoms. The number of carboxylic acids is 1. The highest BCUT2D eigenvalue weighted by Crippen LogP contribution is 2.39. The molecule has 4 rings (SSSR count). The number of aromatic nitrogens is 1. The van der Waals surface area contributed by atoms with Crippen LogP contribution in [0.5, 0.6) is 11.5 Å². The highest BCUT2D eigenvalue weighted by Gasteiger charge is 2.32. The van der Waals surface area contributed by atoms with Crippen LogP contribution in [0.25, 0.3) is 10.9 Å². The van der Waals surface area contributed by atoms with Crippen LogP contribution in [0.15, 0.2) is 54.7 Å². The smallest absolute Gasteiger partial charge is 0.307 e. The van der Waals surface area contributed by atoms with Crippen LogP contribution >= 0.6 is 0 Å². The maximum atomic E-state index is 11.7. The van der Waals surface area contributed by atoms with Gasteiger partial charge in [0.15, 0.2) is 11.5 Å². The molecule has 3 aromatic rings. The van der Waals surface area contributed by atoms with E-state index in [1.54, 1.807) is 14.2 Å². The fraction of sp³-hybridized carbons (Fsp3) is 0.333. The highest BCUT2D eigenvalue weighted by molar-refractivity contribution is 5.83. The molecule has 6 heteroatoms. The fourth-order valence-electron chi connectivity index (χ4n) is 4.41. The summed E-state index contributed by atoms with van der Waals surface area (Å²) in [5, 5.41) is 10.7. The zero-order valence-electron chi connectivity index (χ0n) is 17.2. The zero-order chi connectivity index (χ0) is 21.1. The van der Waals surface area contributed by atoms with Crippen LogP contribution in [-0.2, 0) is 4.79 Å². The molecule has 1 fully saturated rings. The molecule has 1 N–H and O–H groups in total. The van der Waals surface area contributed by atoms with Gasteiger partial charge in [-0.25, -0.2) is 0 Å². The van der Waals surface area contributed by atoms with Crippen molar-refractivity contribution >= 4 is 16.9 Å². The van der Waals surface area contributed by atoms with Crippen molar-refractivity contribution in [2.75, 3.05) is 27.3 Å². The molecule has 1 aliphatic heterocycles. The molecule has 0 amide bonds. The number of nitrogens with zero attached hydrogens (tertiary/aromatic N) is 2. The molecular formula is C24H26N2O4. The third-order valence-corrected chi connectivity index (χ3v) is 5.87. The maximum Gasteiger partial charge on any atom is 0.307 e. The van der Waals surface area contributed by atoms with Crippen LogP contribution in [0.1, 0.15) is 30.0 Å². The van der Waals surface area contributed by atoms with E-state index in [1.165, 1.54) is 0 Å². The lowest BCUT2D eigenvalue weighted by Gasteiger charge is -2.38. The van der Waals surface area contributed by atoms with Gasteiger partial charge in [0.1, 0.15) is 0 Å². The summed E-state index contributed by atoms with van der Waals surface area (Å²) in [5.41, 5.74) is 3.07. The quantitative estimate of drug-likeness (QED) is 0.663. The number of rotatable bonds is 6. The van der Waals surface area contributed by atoms with E-state index in [2.05, 4.69) is 16.0 Å². The number of ether oxygens (including phenoxy) is 2. The molecule has 0 radical (unpaired) electrons. The van der Waals surface area contributed by atoms with Gasteiger partial charge in [-0.1, -0.05) is 24.3 Å². The Balaban J connectivity index is 1.86. The van der Waals surface area contributed by atoms with E-state index in [1.807, 2.05) is 48.7 Å². The first-order chi connectivity index (χ1) is 14.6. The molecule has 1 aliphatic rings. The molecule has 2 unspecified atom stereocenters. The van der Waals surface area contributed by atoms with Crippen molar-refractivity contribution in [2.45, 2.75) is 18.9 Å². The van der Waals surface area contributed by atoms with Crippen molar-refractivity contribution < 1.29 is 19.4 Å². The molecule has 156 valence electrons. The first kappa shape index (κ1) is 20.2. The molecule has 2 heterocycles. The van der Waals surface area contributed by atoms with Crippen LogP contribution in [0, 0.1) is 5.92 Å². The van der Waals surface area contributed by atoms with E-state index in [0.29, 0.717) is 24.5 Å². The minimum atomic E-state index is -0.731. The summed E-state index contributed by atoms with van der Waals surface area (Å²) in [5.74, 6) is 0.228. The minimum absolute atomic E-state index is 0.111. The van der Waals surface area contributed by atoms with Gasteiger partial charge >= 0.3 is 5.97 Å². The van der Waals surface area contributed by atoms with E-state index < -0.39 is 5.97 Å². The van der Waals surface area contributed by atoms with Crippen molar-refractivity contribution in [3.63, 3.8) is 0 Å². The summed E-state index contributed by atoms with van der Waals surface area (Å²) < 4.78 is 11.0. The van der Waals surface area contributed by atoms with Crippen molar-refractivity contribution in [2.24, 2.45) is 5.92 Å². The maximum absolute atomic E-state index is 11.7. The summed E-state index contributed by atoms with van der Waals surface area (Å²) in [6, 6.07) is 15.9. The van der Waals surface area contributed by atoms with Crippen molar-refractivity contribution in [3.05, 3.63) is 65.9 Å². The Labute approximate surface area is 176 Å². The number of methoxy groups -OCH3 is 2. The van der Waals surface area contributed by atoms with Crippen LogP contribution in [0.2, 0.25) is 0 Å². The first-order valence-electron chi connectivity index (χ1n) is 10.1. The van der Waals surface area contributed by atoms with E-state index in [4.69, 9.17) is 9.47 Å². The highest BCUT2D eigenvalue weighted by atomic mass is 16.5. The van der Waals surface area contributed by atoms with Gasteiger partial charge in [-0.05, 0) is 54.8 Å². The van der Waals surface area contributed by atoms with Gasteiger partial charge in [0.2, 0.25) is 0 Å². The average molecular weight is 406 g/mol. The summed E-state index contributed by atoms with van der Waals surface area (Å²) in [6.07, 6.45) is 3.38. The molecule has 2 aromatic carbocycles. The largest absolute Gasteiger partial charge is 0.493 e. The normalized spacial score (nSPS) is 18.1. The molecule has 0 aliphatic carbocycles. The first-order valence-corrected chi connectivity index (χ1v) is 10.1. The number of carboxylic acid groups (broad SMARTS) is 1. The Morgan fingerprint density at radius 2 is 1.93 bits per heavy atom. The predicted octanol–water partition coefficient (Wildman–Crippen LogP) is 4.14. The Hall–Kier alpha value is -3.12. The Morgan fingerprint density at radius 1 is 1.13 bits per heavy atom. The average Bonchev–Trinajstić information content (AvgIpc) is 2.79. The second-order valence-electron chi connectivity index (χ2n) is 7.61. The van der Waals surface area contributed by atoms with Crippen LogP contribution in [0.3, 0.4) is 0 Å². The van der Waals surface area contributed by atoms with Gasteiger partial charge in [0.05, 0.1) is 31.7 Å².